The fraction of sp³-hybridized carbons (Fsp3) is 0.579. The smallest absolute Gasteiger partial charge is 0.253 e. The van der Waals surface area contributed by atoms with Gasteiger partial charge in [0.15, 0.2) is 0 Å². The summed E-state index contributed by atoms with van der Waals surface area (Å²) in [5.74, 6) is 0.371. The molecule has 0 bridgehead atoms. The largest absolute Gasteiger partial charge is 0.356 e. The first-order valence-electron chi connectivity index (χ1n) is 8.86. The predicted octanol–water partition coefficient (Wildman–Crippen LogP) is 3.23. The normalized spacial score (nSPS) is 20.7. The summed E-state index contributed by atoms with van der Waals surface area (Å²) in [6, 6.07) is 5.69. The maximum absolute atomic E-state index is 13.0. The Morgan fingerprint density at radius 1 is 1.21 bits per heavy atom. The number of rotatable bonds is 6. The molecular formula is C19H27FN2O2. The van der Waals surface area contributed by atoms with Gasteiger partial charge < -0.3 is 10.2 Å². The van der Waals surface area contributed by atoms with Crippen LogP contribution in [0.5, 0.6) is 0 Å². The zero-order valence-corrected chi connectivity index (χ0v) is 14.6. The van der Waals surface area contributed by atoms with Gasteiger partial charge in [0.05, 0.1) is 0 Å². The Hall–Kier alpha value is -1.91. The summed E-state index contributed by atoms with van der Waals surface area (Å²) >= 11 is 0. The van der Waals surface area contributed by atoms with Gasteiger partial charge in [-0.15, -0.1) is 0 Å². The third-order valence-corrected chi connectivity index (χ3v) is 4.81. The van der Waals surface area contributed by atoms with Gasteiger partial charge in [0.2, 0.25) is 5.91 Å². The predicted molar refractivity (Wildman–Crippen MR) is 92.1 cm³/mol. The van der Waals surface area contributed by atoms with Crippen LogP contribution in [0.3, 0.4) is 0 Å². The maximum Gasteiger partial charge on any atom is 0.253 e. The van der Waals surface area contributed by atoms with E-state index in [4.69, 9.17) is 0 Å². The number of halogens is 1. The average molecular weight is 334 g/mol. The van der Waals surface area contributed by atoms with E-state index in [1.807, 2.05) is 11.8 Å². The Morgan fingerprint density at radius 2 is 1.92 bits per heavy atom. The number of benzene rings is 1. The highest BCUT2D eigenvalue weighted by molar-refractivity contribution is 5.94. The Labute approximate surface area is 143 Å². The lowest BCUT2D eigenvalue weighted by atomic mass is 9.81. The highest BCUT2D eigenvalue weighted by atomic mass is 19.1. The van der Waals surface area contributed by atoms with E-state index in [-0.39, 0.29) is 17.6 Å². The molecule has 1 saturated heterocycles. The molecule has 1 aromatic carbocycles. The minimum Gasteiger partial charge on any atom is -0.356 e. The molecule has 5 heteroatoms. The molecule has 1 N–H and O–H groups in total. The molecule has 2 rings (SSSR count). The number of hydrogen-bond donors (Lipinski definition) is 1. The molecule has 2 unspecified atom stereocenters. The molecule has 132 valence electrons. The summed E-state index contributed by atoms with van der Waals surface area (Å²) in [5.41, 5.74) is 0.519. The number of piperidine rings is 1. The molecule has 1 heterocycles. The van der Waals surface area contributed by atoms with Crippen LogP contribution in [0.2, 0.25) is 0 Å². The van der Waals surface area contributed by atoms with Crippen molar-refractivity contribution < 1.29 is 14.0 Å². The first-order chi connectivity index (χ1) is 11.5. The second-order valence-electron chi connectivity index (χ2n) is 6.53. The molecule has 4 nitrogen and oxygen atoms in total. The lowest BCUT2D eigenvalue weighted by Crippen LogP contribution is -2.44. The number of carbonyl (C=O) groups is 2. The summed E-state index contributed by atoms with van der Waals surface area (Å²) in [4.78, 5) is 26.4. The number of carbonyl (C=O) groups excluding carboxylic acids is 2. The molecule has 0 aliphatic carbocycles. The minimum absolute atomic E-state index is 0.0534. The van der Waals surface area contributed by atoms with E-state index in [9.17, 15) is 14.0 Å². The third kappa shape index (κ3) is 4.79. The van der Waals surface area contributed by atoms with Crippen molar-refractivity contribution in [2.75, 3.05) is 19.6 Å². The Morgan fingerprint density at radius 3 is 2.54 bits per heavy atom. The monoisotopic (exact) mass is 334 g/mol. The Balaban J connectivity index is 1.95. The van der Waals surface area contributed by atoms with Gasteiger partial charge in [-0.05, 0) is 48.9 Å². The lowest BCUT2D eigenvalue weighted by Gasteiger charge is -2.38. The molecule has 0 spiro atoms. The molecule has 24 heavy (non-hydrogen) atoms. The zero-order chi connectivity index (χ0) is 17.5. The molecule has 2 atom stereocenters. The van der Waals surface area contributed by atoms with Crippen LogP contribution >= 0.6 is 0 Å². The van der Waals surface area contributed by atoms with Gasteiger partial charge in [-0.25, -0.2) is 4.39 Å². The summed E-state index contributed by atoms with van der Waals surface area (Å²) in [7, 11) is 0. The van der Waals surface area contributed by atoms with E-state index in [1.165, 1.54) is 24.3 Å². The molecule has 1 aliphatic heterocycles. The SMILES string of the molecule is CCCNC(=O)CC1CCN(C(=O)c2ccc(F)cc2)CC1CC. The van der Waals surface area contributed by atoms with Crippen LogP contribution < -0.4 is 5.32 Å². The molecule has 2 amide bonds. The van der Waals surface area contributed by atoms with Crippen LogP contribution in [0, 0.1) is 17.7 Å². The van der Waals surface area contributed by atoms with Crippen molar-refractivity contribution in [3.05, 3.63) is 35.6 Å². The quantitative estimate of drug-likeness (QED) is 0.868. The average Bonchev–Trinajstić information content (AvgIpc) is 2.60. The topological polar surface area (TPSA) is 49.4 Å². The van der Waals surface area contributed by atoms with Crippen molar-refractivity contribution in [3.63, 3.8) is 0 Å². The summed E-state index contributed by atoms with van der Waals surface area (Å²) < 4.78 is 13.0. The van der Waals surface area contributed by atoms with Crippen LogP contribution in [0.4, 0.5) is 4.39 Å². The first kappa shape index (κ1) is 18.4. The fourth-order valence-corrected chi connectivity index (χ4v) is 3.35. The van der Waals surface area contributed by atoms with Crippen molar-refractivity contribution in [1.82, 2.24) is 10.2 Å². The lowest BCUT2D eigenvalue weighted by molar-refractivity contribution is -0.122. The molecule has 1 aliphatic rings. The number of amides is 2. The van der Waals surface area contributed by atoms with Crippen molar-refractivity contribution in [1.29, 1.82) is 0 Å². The van der Waals surface area contributed by atoms with Gasteiger partial charge in [0.1, 0.15) is 5.82 Å². The summed E-state index contributed by atoms with van der Waals surface area (Å²) in [5, 5.41) is 2.93. The Kier molecular flexibility index (Phi) is 6.76. The van der Waals surface area contributed by atoms with Crippen LogP contribution in [0.1, 0.15) is 49.9 Å². The molecule has 0 aromatic heterocycles. The van der Waals surface area contributed by atoms with E-state index in [2.05, 4.69) is 12.2 Å². The van der Waals surface area contributed by atoms with Gasteiger partial charge >= 0.3 is 0 Å². The van der Waals surface area contributed by atoms with E-state index < -0.39 is 0 Å². The Bertz CT molecular complexity index is 559. The van der Waals surface area contributed by atoms with E-state index in [0.717, 1.165) is 25.8 Å². The molecule has 1 aromatic rings. The van der Waals surface area contributed by atoms with Gasteiger partial charge in [0, 0.05) is 31.6 Å². The second-order valence-corrected chi connectivity index (χ2v) is 6.53. The number of nitrogens with one attached hydrogen (secondary N) is 1. The van der Waals surface area contributed by atoms with Gasteiger partial charge in [-0.3, -0.25) is 9.59 Å². The van der Waals surface area contributed by atoms with Crippen LogP contribution in [0.25, 0.3) is 0 Å². The fourth-order valence-electron chi connectivity index (χ4n) is 3.35. The highest BCUT2D eigenvalue weighted by Gasteiger charge is 2.31. The molecular weight excluding hydrogens is 307 g/mol. The number of likely N-dealkylation sites (tertiary alicyclic amines) is 1. The standard InChI is InChI=1S/C19H27FN2O2/c1-3-10-21-18(23)12-16-9-11-22(13-14(16)4-2)19(24)15-5-7-17(20)8-6-15/h5-8,14,16H,3-4,9-13H2,1-2H3,(H,21,23). The number of nitrogens with zero attached hydrogens (tertiary/aromatic N) is 1. The molecule has 0 radical (unpaired) electrons. The van der Waals surface area contributed by atoms with Crippen molar-refractivity contribution in [2.24, 2.45) is 11.8 Å². The zero-order valence-electron chi connectivity index (χ0n) is 14.6. The highest BCUT2D eigenvalue weighted by Crippen LogP contribution is 2.29. The first-order valence-corrected chi connectivity index (χ1v) is 8.86. The van der Waals surface area contributed by atoms with E-state index in [1.54, 1.807) is 0 Å². The maximum atomic E-state index is 13.0. The third-order valence-electron chi connectivity index (χ3n) is 4.81. The van der Waals surface area contributed by atoms with Crippen molar-refractivity contribution in [2.45, 2.75) is 39.5 Å². The second kappa shape index (κ2) is 8.81. The van der Waals surface area contributed by atoms with E-state index in [0.29, 0.717) is 36.9 Å². The van der Waals surface area contributed by atoms with Gasteiger partial charge in [0.25, 0.3) is 5.91 Å². The van der Waals surface area contributed by atoms with E-state index >= 15 is 0 Å². The summed E-state index contributed by atoms with van der Waals surface area (Å²) in [6.45, 7) is 6.18. The van der Waals surface area contributed by atoms with Crippen LogP contribution in [-0.2, 0) is 4.79 Å². The summed E-state index contributed by atoms with van der Waals surface area (Å²) in [6.07, 6.45) is 3.26. The molecule has 0 saturated carbocycles. The van der Waals surface area contributed by atoms with Crippen LogP contribution in [-0.4, -0.2) is 36.3 Å². The van der Waals surface area contributed by atoms with Crippen molar-refractivity contribution >= 4 is 11.8 Å². The minimum atomic E-state index is -0.338. The van der Waals surface area contributed by atoms with Crippen LogP contribution in [0.15, 0.2) is 24.3 Å². The number of hydrogen-bond acceptors (Lipinski definition) is 2. The van der Waals surface area contributed by atoms with Crippen molar-refractivity contribution in [3.8, 4) is 0 Å². The van der Waals surface area contributed by atoms with Gasteiger partial charge in [-0.2, -0.15) is 0 Å². The van der Waals surface area contributed by atoms with Gasteiger partial charge in [-0.1, -0.05) is 20.3 Å². The molecule has 1 fully saturated rings.